The molecule has 20 heavy (non-hydrogen) atoms. The fourth-order valence-electron chi connectivity index (χ4n) is 1.61. The van der Waals surface area contributed by atoms with Crippen LogP contribution in [0.25, 0.3) is 0 Å². The lowest BCUT2D eigenvalue weighted by Crippen LogP contribution is -2.43. The van der Waals surface area contributed by atoms with Crippen molar-refractivity contribution in [2.24, 2.45) is 5.92 Å². The van der Waals surface area contributed by atoms with E-state index in [2.05, 4.69) is 19.2 Å². The molecule has 2 atom stereocenters. The molecule has 5 heteroatoms. The first-order valence-corrected chi connectivity index (χ1v) is 7.52. The van der Waals surface area contributed by atoms with E-state index in [9.17, 15) is 9.90 Å². The Balaban J connectivity index is 4.24. The molecule has 0 aliphatic carbocycles. The Morgan fingerprint density at radius 3 is 2.40 bits per heavy atom. The molecule has 2 unspecified atom stereocenters. The second-order valence-electron chi connectivity index (χ2n) is 6.49. The number of nitrogens with zero attached hydrogens (tertiary/aromatic N) is 1. The number of aliphatic hydroxyl groups is 1. The van der Waals surface area contributed by atoms with Crippen LogP contribution in [0.4, 0.5) is 4.79 Å². The van der Waals surface area contributed by atoms with Crippen LogP contribution in [0.1, 0.15) is 48.0 Å². The van der Waals surface area contributed by atoms with Crippen molar-refractivity contribution in [1.29, 1.82) is 0 Å². The van der Waals surface area contributed by atoms with Crippen molar-refractivity contribution in [3.8, 4) is 0 Å². The lowest BCUT2D eigenvalue weighted by Gasteiger charge is -2.28. The van der Waals surface area contributed by atoms with Gasteiger partial charge in [-0.3, -0.25) is 0 Å². The van der Waals surface area contributed by atoms with Gasteiger partial charge in [-0.2, -0.15) is 0 Å². The molecule has 0 saturated heterocycles. The Bertz CT molecular complexity index is 275. The van der Waals surface area contributed by atoms with Gasteiger partial charge in [0.25, 0.3) is 0 Å². The summed E-state index contributed by atoms with van der Waals surface area (Å²) in [6, 6.07) is 0. The minimum Gasteiger partial charge on any atom is -0.444 e. The van der Waals surface area contributed by atoms with Crippen LogP contribution >= 0.6 is 0 Å². The standard InChI is InChI=1S/C15H32N2O3/c1-7-12(2)10-16-8-9-17(11-13(3)18)14(19)20-15(4,5)6/h12-13,16,18H,7-11H2,1-6H3. The summed E-state index contributed by atoms with van der Waals surface area (Å²) in [6.07, 6.45) is 0.206. The Labute approximate surface area is 123 Å². The fourth-order valence-corrected chi connectivity index (χ4v) is 1.61. The number of amides is 1. The number of rotatable bonds is 8. The molecular weight excluding hydrogens is 256 g/mol. The van der Waals surface area contributed by atoms with Crippen LogP contribution in [0, 0.1) is 5.92 Å². The second-order valence-corrected chi connectivity index (χ2v) is 6.49. The molecule has 1 amide bonds. The SMILES string of the molecule is CCC(C)CNCCN(CC(C)O)C(=O)OC(C)(C)C. The monoisotopic (exact) mass is 288 g/mol. The van der Waals surface area contributed by atoms with Crippen LogP contribution in [-0.2, 0) is 4.74 Å². The van der Waals surface area contributed by atoms with Gasteiger partial charge in [-0.1, -0.05) is 20.3 Å². The van der Waals surface area contributed by atoms with Crippen molar-refractivity contribution >= 4 is 6.09 Å². The molecule has 0 heterocycles. The summed E-state index contributed by atoms with van der Waals surface area (Å²) in [7, 11) is 0. The molecule has 120 valence electrons. The lowest BCUT2D eigenvalue weighted by molar-refractivity contribution is 0.0164. The Hall–Kier alpha value is -0.810. The zero-order chi connectivity index (χ0) is 15.8. The number of ether oxygens (including phenoxy) is 1. The van der Waals surface area contributed by atoms with Crippen LogP contribution in [0.3, 0.4) is 0 Å². The van der Waals surface area contributed by atoms with Crippen molar-refractivity contribution < 1.29 is 14.6 Å². The summed E-state index contributed by atoms with van der Waals surface area (Å²) >= 11 is 0. The molecule has 0 aromatic carbocycles. The Morgan fingerprint density at radius 2 is 1.95 bits per heavy atom. The molecule has 0 aromatic heterocycles. The highest BCUT2D eigenvalue weighted by molar-refractivity contribution is 5.68. The minimum absolute atomic E-state index is 0.292. The van der Waals surface area contributed by atoms with Gasteiger partial charge in [0, 0.05) is 19.6 Å². The maximum absolute atomic E-state index is 12.0. The van der Waals surface area contributed by atoms with Crippen molar-refractivity contribution in [3.05, 3.63) is 0 Å². The minimum atomic E-state index is -0.558. The fraction of sp³-hybridized carbons (Fsp3) is 0.933. The van der Waals surface area contributed by atoms with Gasteiger partial charge in [0.05, 0.1) is 6.10 Å². The van der Waals surface area contributed by atoms with Gasteiger partial charge in [0.15, 0.2) is 0 Å². The van der Waals surface area contributed by atoms with E-state index in [0.717, 1.165) is 13.0 Å². The molecule has 0 aliphatic rings. The maximum Gasteiger partial charge on any atom is 0.410 e. The largest absolute Gasteiger partial charge is 0.444 e. The maximum atomic E-state index is 12.0. The van der Waals surface area contributed by atoms with E-state index in [1.54, 1.807) is 11.8 Å². The summed E-state index contributed by atoms with van der Waals surface area (Å²) in [4.78, 5) is 13.6. The predicted molar refractivity (Wildman–Crippen MR) is 81.8 cm³/mol. The summed E-state index contributed by atoms with van der Waals surface area (Å²) in [5.41, 5.74) is -0.516. The highest BCUT2D eigenvalue weighted by Crippen LogP contribution is 2.10. The first-order chi connectivity index (χ1) is 9.15. The first-order valence-electron chi connectivity index (χ1n) is 7.52. The molecule has 0 saturated carbocycles. The number of carbonyl (C=O) groups excluding carboxylic acids is 1. The third-order valence-electron chi connectivity index (χ3n) is 2.88. The Kier molecular flexibility index (Phi) is 8.81. The van der Waals surface area contributed by atoms with Crippen molar-refractivity contribution in [1.82, 2.24) is 10.2 Å². The topological polar surface area (TPSA) is 61.8 Å². The van der Waals surface area contributed by atoms with Gasteiger partial charge < -0.3 is 20.1 Å². The van der Waals surface area contributed by atoms with Gasteiger partial charge in [-0.25, -0.2) is 4.79 Å². The van der Waals surface area contributed by atoms with Crippen LogP contribution in [0.5, 0.6) is 0 Å². The molecule has 0 rings (SSSR count). The van der Waals surface area contributed by atoms with Crippen LogP contribution < -0.4 is 5.32 Å². The number of carbonyl (C=O) groups is 1. The van der Waals surface area contributed by atoms with Crippen LogP contribution in [0.15, 0.2) is 0 Å². The summed E-state index contributed by atoms with van der Waals surface area (Å²) in [5, 5.41) is 12.8. The molecule has 0 fully saturated rings. The normalized spacial score (nSPS) is 14.8. The zero-order valence-electron chi connectivity index (χ0n) is 13.9. The molecule has 0 spiro atoms. The van der Waals surface area contributed by atoms with Crippen molar-refractivity contribution in [2.45, 2.75) is 59.7 Å². The van der Waals surface area contributed by atoms with E-state index in [1.165, 1.54) is 0 Å². The summed E-state index contributed by atoms with van der Waals surface area (Å²) in [5.74, 6) is 0.627. The molecule has 0 bridgehead atoms. The van der Waals surface area contributed by atoms with Crippen LogP contribution in [-0.4, -0.2) is 54.0 Å². The number of aliphatic hydroxyl groups excluding tert-OH is 1. The van der Waals surface area contributed by atoms with E-state index < -0.39 is 11.7 Å². The van der Waals surface area contributed by atoms with Gasteiger partial charge in [-0.05, 0) is 40.2 Å². The number of nitrogens with one attached hydrogen (secondary N) is 1. The van der Waals surface area contributed by atoms with E-state index in [1.807, 2.05) is 20.8 Å². The van der Waals surface area contributed by atoms with Crippen molar-refractivity contribution in [3.63, 3.8) is 0 Å². The second kappa shape index (κ2) is 9.19. The van der Waals surface area contributed by atoms with Gasteiger partial charge in [-0.15, -0.1) is 0 Å². The third-order valence-corrected chi connectivity index (χ3v) is 2.88. The summed E-state index contributed by atoms with van der Waals surface area (Å²) < 4.78 is 5.35. The number of hydrogen-bond acceptors (Lipinski definition) is 4. The Morgan fingerprint density at radius 1 is 1.35 bits per heavy atom. The average molecular weight is 288 g/mol. The molecule has 5 nitrogen and oxygen atoms in total. The summed E-state index contributed by atoms with van der Waals surface area (Å²) in [6.45, 7) is 14.0. The quantitative estimate of drug-likeness (QED) is 0.672. The van der Waals surface area contributed by atoms with Crippen molar-refractivity contribution in [2.75, 3.05) is 26.2 Å². The zero-order valence-corrected chi connectivity index (χ0v) is 13.9. The third kappa shape index (κ3) is 10.0. The van der Waals surface area contributed by atoms with Gasteiger partial charge >= 0.3 is 6.09 Å². The first kappa shape index (κ1) is 19.2. The average Bonchev–Trinajstić information content (AvgIpc) is 2.29. The molecule has 0 aliphatic heterocycles. The van der Waals surface area contributed by atoms with E-state index in [0.29, 0.717) is 25.6 Å². The van der Waals surface area contributed by atoms with E-state index >= 15 is 0 Å². The lowest BCUT2D eigenvalue weighted by atomic mass is 10.1. The predicted octanol–water partition coefficient (Wildman–Crippen LogP) is 2.24. The molecular formula is C15H32N2O3. The number of hydrogen-bond donors (Lipinski definition) is 2. The van der Waals surface area contributed by atoms with E-state index in [4.69, 9.17) is 4.74 Å². The molecule has 0 aromatic rings. The highest BCUT2D eigenvalue weighted by atomic mass is 16.6. The highest BCUT2D eigenvalue weighted by Gasteiger charge is 2.22. The molecule has 2 N–H and O–H groups in total. The van der Waals surface area contributed by atoms with Crippen LogP contribution in [0.2, 0.25) is 0 Å². The van der Waals surface area contributed by atoms with E-state index in [-0.39, 0.29) is 6.09 Å². The smallest absolute Gasteiger partial charge is 0.410 e. The molecule has 0 radical (unpaired) electrons. The van der Waals surface area contributed by atoms with Gasteiger partial charge in [0.2, 0.25) is 0 Å². The van der Waals surface area contributed by atoms with Gasteiger partial charge in [0.1, 0.15) is 5.60 Å².